The second-order valence-corrected chi connectivity index (χ2v) is 5.66. The summed E-state index contributed by atoms with van der Waals surface area (Å²) in [7, 11) is 1.71. The van der Waals surface area contributed by atoms with Gasteiger partial charge in [-0.1, -0.05) is 30.3 Å². The van der Waals surface area contributed by atoms with Gasteiger partial charge in [-0.05, 0) is 37.2 Å². The minimum atomic E-state index is -0.0792. The molecule has 0 saturated heterocycles. The molecule has 110 valence electrons. The molecule has 2 atom stereocenters. The van der Waals surface area contributed by atoms with Gasteiger partial charge in [-0.2, -0.15) is 0 Å². The van der Waals surface area contributed by atoms with Crippen LogP contribution >= 0.6 is 0 Å². The van der Waals surface area contributed by atoms with Gasteiger partial charge < -0.3 is 15.3 Å². The van der Waals surface area contributed by atoms with E-state index in [0.29, 0.717) is 12.5 Å². The van der Waals surface area contributed by atoms with E-state index in [-0.39, 0.29) is 18.7 Å². The van der Waals surface area contributed by atoms with Crippen LogP contribution in [-0.2, 0) is 6.42 Å². The van der Waals surface area contributed by atoms with Crippen LogP contribution in [0.4, 0.5) is 4.79 Å². The summed E-state index contributed by atoms with van der Waals surface area (Å²) in [5, 5.41) is 11.9. The predicted octanol–water partition coefficient (Wildman–Crippen LogP) is 2.03. The van der Waals surface area contributed by atoms with Gasteiger partial charge in [0.05, 0.1) is 6.61 Å². The number of urea groups is 1. The van der Waals surface area contributed by atoms with Gasteiger partial charge in [0.25, 0.3) is 0 Å². The summed E-state index contributed by atoms with van der Waals surface area (Å²) in [6.07, 6.45) is 4.37. The number of benzene rings is 1. The zero-order chi connectivity index (χ0) is 14.4. The lowest BCUT2D eigenvalue weighted by Gasteiger charge is -2.20. The van der Waals surface area contributed by atoms with Crippen molar-refractivity contribution in [3.8, 4) is 0 Å². The summed E-state index contributed by atoms with van der Waals surface area (Å²) in [4.78, 5) is 13.4. The first kappa shape index (κ1) is 14.9. The molecule has 4 nitrogen and oxygen atoms in total. The van der Waals surface area contributed by atoms with Crippen molar-refractivity contribution < 1.29 is 9.90 Å². The lowest BCUT2D eigenvalue weighted by molar-refractivity contribution is 0.187. The van der Waals surface area contributed by atoms with Gasteiger partial charge in [-0.25, -0.2) is 4.79 Å². The SMILES string of the molecule is CN(CCO)C(=O)N[C@H]1CC[C@@H](Cc2ccccc2)C1. The second kappa shape index (κ2) is 7.29. The van der Waals surface area contributed by atoms with Crippen LogP contribution in [0, 0.1) is 5.92 Å². The molecule has 1 fully saturated rings. The Morgan fingerprint density at radius 3 is 2.80 bits per heavy atom. The normalized spacial score (nSPS) is 21.7. The van der Waals surface area contributed by atoms with Gasteiger partial charge in [0.15, 0.2) is 0 Å². The van der Waals surface area contributed by atoms with Gasteiger partial charge >= 0.3 is 6.03 Å². The maximum atomic E-state index is 11.9. The van der Waals surface area contributed by atoms with Crippen molar-refractivity contribution in [3.63, 3.8) is 0 Å². The highest BCUT2D eigenvalue weighted by atomic mass is 16.3. The number of amides is 2. The molecule has 1 aliphatic rings. The molecule has 0 heterocycles. The van der Waals surface area contributed by atoms with E-state index in [1.807, 2.05) is 6.07 Å². The Bertz CT molecular complexity index is 422. The molecular formula is C16H24N2O2. The first-order valence-electron chi connectivity index (χ1n) is 7.35. The molecule has 20 heavy (non-hydrogen) atoms. The average Bonchev–Trinajstić information content (AvgIpc) is 2.87. The molecule has 0 bridgehead atoms. The van der Waals surface area contributed by atoms with Crippen molar-refractivity contribution in [2.45, 2.75) is 31.7 Å². The maximum absolute atomic E-state index is 11.9. The fourth-order valence-corrected chi connectivity index (χ4v) is 2.88. The quantitative estimate of drug-likeness (QED) is 0.864. The topological polar surface area (TPSA) is 52.6 Å². The van der Waals surface area contributed by atoms with Crippen molar-refractivity contribution in [1.82, 2.24) is 10.2 Å². The second-order valence-electron chi connectivity index (χ2n) is 5.66. The molecule has 1 aliphatic carbocycles. The Balaban J connectivity index is 1.76. The summed E-state index contributed by atoms with van der Waals surface area (Å²) in [6.45, 7) is 0.386. The molecule has 2 N–H and O–H groups in total. The fraction of sp³-hybridized carbons (Fsp3) is 0.562. The number of carbonyl (C=O) groups excluding carboxylic acids is 1. The predicted molar refractivity (Wildman–Crippen MR) is 79.5 cm³/mol. The summed E-state index contributed by atoms with van der Waals surface area (Å²) >= 11 is 0. The molecule has 4 heteroatoms. The van der Waals surface area contributed by atoms with Crippen molar-refractivity contribution in [2.75, 3.05) is 20.2 Å². The minimum Gasteiger partial charge on any atom is -0.395 e. The Morgan fingerprint density at radius 2 is 2.10 bits per heavy atom. The van der Waals surface area contributed by atoms with E-state index < -0.39 is 0 Å². The third-order valence-electron chi connectivity index (χ3n) is 4.02. The lowest BCUT2D eigenvalue weighted by atomic mass is 9.98. The Labute approximate surface area is 120 Å². The number of aliphatic hydroxyl groups is 1. The third kappa shape index (κ3) is 4.23. The summed E-state index contributed by atoms with van der Waals surface area (Å²) < 4.78 is 0. The van der Waals surface area contributed by atoms with Crippen molar-refractivity contribution in [2.24, 2.45) is 5.92 Å². The zero-order valence-electron chi connectivity index (χ0n) is 12.1. The van der Waals surface area contributed by atoms with E-state index in [1.165, 1.54) is 16.9 Å². The molecule has 0 radical (unpaired) electrons. The molecule has 2 amide bonds. The molecule has 1 aromatic carbocycles. The Kier molecular flexibility index (Phi) is 5.41. The van der Waals surface area contributed by atoms with E-state index in [9.17, 15) is 4.79 Å². The third-order valence-corrected chi connectivity index (χ3v) is 4.02. The molecule has 0 aromatic heterocycles. The standard InChI is InChI=1S/C16H24N2O2/c1-18(9-10-19)16(20)17-15-8-7-14(12-15)11-13-5-3-2-4-6-13/h2-6,14-15,19H,7-12H2,1H3,(H,17,20)/t14-,15-/m0/s1. The molecule has 1 aromatic rings. The maximum Gasteiger partial charge on any atom is 0.317 e. The first-order chi connectivity index (χ1) is 9.69. The number of aliphatic hydroxyl groups excluding tert-OH is 1. The number of hydrogen-bond donors (Lipinski definition) is 2. The van der Waals surface area contributed by atoms with Crippen LogP contribution in [0.5, 0.6) is 0 Å². The van der Waals surface area contributed by atoms with Crippen molar-refractivity contribution in [1.29, 1.82) is 0 Å². The minimum absolute atomic E-state index is 0.00518. The van der Waals surface area contributed by atoms with Crippen LogP contribution in [0.1, 0.15) is 24.8 Å². The van der Waals surface area contributed by atoms with Gasteiger partial charge in [0.1, 0.15) is 0 Å². The van der Waals surface area contributed by atoms with E-state index in [0.717, 1.165) is 19.3 Å². The molecule has 1 saturated carbocycles. The van der Waals surface area contributed by atoms with E-state index in [4.69, 9.17) is 5.11 Å². The van der Waals surface area contributed by atoms with Crippen LogP contribution < -0.4 is 5.32 Å². The van der Waals surface area contributed by atoms with Gasteiger partial charge in [-0.15, -0.1) is 0 Å². The summed E-state index contributed by atoms with van der Waals surface area (Å²) in [5.74, 6) is 0.658. The highest BCUT2D eigenvalue weighted by Crippen LogP contribution is 2.28. The van der Waals surface area contributed by atoms with Crippen LogP contribution in [-0.4, -0.2) is 42.3 Å². The highest BCUT2D eigenvalue weighted by Gasteiger charge is 2.26. The smallest absolute Gasteiger partial charge is 0.317 e. The zero-order valence-corrected chi connectivity index (χ0v) is 12.1. The molecule has 0 unspecified atom stereocenters. The monoisotopic (exact) mass is 276 g/mol. The van der Waals surface area contributed by atoms with Crippen LogP contribution in [0.3, 0.4) is 0 Å². The fourth-order valence-electron chi connectivity index (χ4n) is 2.88. The number of rotatable bonds is 5. The first-order valence-corrected chi connectivity index (χ1v) is 7.35. The number of likely N-dealkylation sites (N-methyl/N-ethyl adjacent to an activating group) is 1. The Hall–Kier alpha value is -1.55. The van der Waals surface area contributed by atoms with E-state index in [1.54, 1.807) is 7.05 Å². The molecule has 2 rings (SSSR count). The molecule has 0 aliphatic heterocycles. The van der Waals surface area contributed by atoms with E-state index in [2.05, 4.69) is 29.6 Å². The van der Waals surface area contributed by atoms with Crippen LogP contribution in [0.2, 0.25) is 0 Å². The average molecular weight is 276 g/mol. The highest BCUT2D eigenvalue weighted by molar-refractivity contribution is 5.74. The number of nitrogens with zero attached hydrogens (tertiary/aromatic N) is 1. The molecular weight excluding hydrogens is 252 g/mol. The van der Waals surface area contributed by atoms with Crippen molar-refractivity contribution in [3.05, 3.63) is 35.9 Å². The summed E-state index contributed by atoms with van der Waals surface area (Å²) in [6, 6.07) is 10.7. The molecule has 0 spiro atoms. The van der Waals surface area contributed by atoms with Crippen LogP contribution in [0.25, 0.3) is 0 Å². The van der Waals surface area contributed by atoms with Crippen molar-refractivity contribution >= 4 is 6.03 Å². The van der Waals surface area contributed by atoms with Gasteiger partial charge in [0.2, 0.25) is 0 Å². The number of carbonyl (C=O) groups is 1. The summed E-state index contributed by atoms with van der Waals surface area (Å²) in [5.41, 5.74) is 1.38. The van der Waals surface area contributed by atoms with Gasteiger partial charge in [-0.3, -0.25) is 0 Å². The van der Waals surface area contributed by atoms with Crippen LogP contribution in [0.15, 0.2) is 30.3 Å². The number of nitrogens with one attached hydrogen (secondary N) is 1. The van der Waals surface area contributed by atoms with E-state index >= 15 is 0 Å². The Morgan fingerprint density at radius 1 is 1.35 bits per heavy atom. The van der Waals surface area contributed by atoms with Gasteiger partial charge in [0, 0.05) is 19.6 Å². The number of hydrogen-bond acceptors (Lipinski definition) is 2. The largest absolute Gasteiger partial charge is 0.395 e. The lowest BCUT2D eigenvalue weighted by Crippen LogP contribution is -2.43.